The van der Waals surface area contributed by atoms with Gasteiger partial charge in [0, 0.05) is 24.8 Å². The number of hydrogen-bond acceptors (Lipinski definition) is 2. The van der Waals surface area contributed by atoms with Crippen LogP contribution in [0.2, 0.25) is 0 Å². The average Bonchev–Trinajstić information content (AvgIpc) is 2.70. The molecule has 90 valence electrons. The molecule has 0 spiro atoms. The second-order valence-electron chi connectivity index (χ2n) is 3.73. The molecule has 0 aromatic heterocycles. The number of halogens is 2. The summed E-state index contributed by atoms with van der Waals surface area (Å²) in [5.41, 5.74) is 0. The molecule has 1 aliphatic rings. The molecule has 0 amide bonds. The van der Waals surface area contributed by atoms with Crippen LogP contribution in [0, 0.1) is 0 Å². The van der Waals surface area contributed by atoms with Gasteiger partial charge in [-0.05, 0) is 12.8 Å². The zero-order valence-electron chi connectivity index (χ0n) is 8.66. The Labute approximate surface area is 102 Å². The highest BCUT2D eigenvalue weighted by atomic mass is 35.5. The summed E-state index contributed by atoms with van der Waals surface area (Å²) in [6.45, 7) is 0.736. The van der Waals surface area contributed by atoms with E-state index in [2.05, 4.69) is 0 Å². The van der Waals surface area contributed by atoms with Crippen molar-refractivity contribution in [3.05, 3.63) is 0 Å². The molecule has 1 fully saturated rings. The molecule has 0 aliphatic heterocycles. The fourth-order valence-electron chi connectivity index (χ4n) is 1.95. The molecule has 3 nitrogen and oxygen atoms in total. The van der Waals surface area contributed by atoms with Gasteiger partial charge in [0.1, 0.15) is 0 Å². The van der Waals surface area contributed by atoms with E-state index in [0.717, 1.165) is 25.7 Å². The van der Waals surface area contributed by atoms with Gasteiger partial charge < -0.3 is 0 Å². The van der Waals surface area contributed by atoms with E-state index >= 15 is 0 Å². The zero-order chi connectivity index (χ0) is 11.3. The normalized spacial score (nSPS) is 18.9. The number of alkyl halides is 2. The third-order valence-corrected chi connectivity index (χ3v) is 5.49. The molecule has 0 unspecified atom stereocenters. The van der Waals surface area contributed by atoms with Gasteiger partial charge in [-0.25, -0.2) is 8.42 Å². The van der Waals surface area contributed by atoms with Crippen LogP contribution >= 0.6 is 23.2 Å². The summed E-state index contributed by atoms with van der Waals surface area (Å²) in [6.07, 6.45) is 3.59. The molecule has 0 N–H and O–H groups in total. The lowest BCUT2D eigenvalue weighted by atomic mass is 10.4. The number of hydrogen-bond donors (Lipinski definition) is 0. The van der Waals surface area contributed by atoms with Crippen LogP contribution in [0.3, 0.4) is 0 Å². The average molecular weight is 274 g/mol. The highest BCUT2D eigenvalue weighted by Crippen LogP contribution is 2.27. The Morgan fingerprint density at radius 2 is 1.53 bits per heavy atom. The summed E-state index contributed by atoms with van der Waals surface area (Å²) in [5.74, 6) is 0.645. The molecular weight excluding hydrogens is 257 g/mol. The molecule has 0 saturated heterocycles. The first-order chi connectivity index (χ1) is 7.12. The Hall–Kier alpha value is 0.490. The zero-order valence-corrected chi connectivity index (χ0v) is 11.0. The Bertz CT molecular complexity index is 270. The van der Waals surface area contributed by atoms with Crippen LogP contribution in [-0.4, -0.2) is 42.8 Å². The number of sulfonamides is 1. The van der Waals surface area contributed by atoms with E-state index in [4.69, 9.17) is 23.2 Å². The van der Waals surface area contributed by atoms with E-state index in [1.54, 1.807) is 0 Å². The van der Waals surface area contributed by atoms with Gasteiger partial charge in [0.15, 0.2) is 0 Å². The minimum Gasteiger partial charge on any atom is -0.212 e. The quantitative estimate of drug-likeness (QED) is 0.695. The molecule has 0 aromatic rings. The Morgan fingerprint density at radius 1 is 1.07 bits per heavy atom. The van der Waals surface area contributed by atoms with E-state index < -0.39 is 10.0 Å². The SMILES string of the molecule is O=S(=O)(C1CCCC1)N(CCCl)CCCl. The molecule has 1 rings (SSSR count). The first kappa shape index (κ1) is 13.6. The van der Waals surface area contributed by atoms with Crippen molar-refractivity contribution in [1.82, 2.24) is 4.31 Å². The van der Waals surface area contributed by atoms with Crippen molar-refractivity contribution in [3.63, 3.8) is 0 Å². The molecule has 1 saturated carbocycles. The first-order valence-corrected chi connectivity index (χ1v) is 7.81. The summed E-state index contributed by atoms with van der Waals surface area (Å²) in [5, 5.41) is -0.205. The largest absolute Gasteiger partial charge is 0.217 e. The molecule has 1 aliphatic carbocycles. The summed E-state index contributed by atoms with van der Waals surface area (Å²) < 4.78 is 25.7. The smallest absolute Gasteiger partial charge is 0.212 e. The van der Waals surface area contributed by atoms with Crippen molar-refractivity contribution < 1.29 is 8.42 Å². The molecule has 0 radical (unpaired) electrons. The number of rotatable bonds is 6. The van der Waals surface area contributed by atoms with Crippen molar-refractivity contribution in [3.8, 4) is 0 Å². The van der Waals surface area contributed by atoms with Crippen molar-refractivity contribution >= 4 is 33.2 Å². The van der Waals surface area contributed by atoms with Crippen LogP contribution < -0.4 is 0 Å². The minimum absolute atomic E-state index is 0.205. The summed E-state index contributed by atoms with van der Waals surface area (Å²) in [6, 6.07) is 0. The van der Waals surface area contributed by atoms with Crippen LogP contribution in [0.15, 0.2) is 0 Å². The molecule has 0 bridgehead atoms. The predicted molar refractivity (Wildman–Crippen MR) is 64.2 cm³/mol. The predicted octanol–water partition coefficient (Wildman–Crippen LogP) is 2.04. The van der Waals surface area contributed by atoms with Crippen LogP contribution in [0.4, 0.5) is 0 Å². The van der Waals surface area contributed by atoms with Gasteiger partial charge in [-0.1, -0.05) is 12.8 Å². The molecule has 15 heavy (non-hydrogen) atoms. The highest BCUT2D eigenvalue weighted by molar-refractivity contribution is 7.89. The molecule has 6 heteroatoms. The monoisotopic (exact) mass is 273 g/mol. The third-order valence-electron chi connectivity index (χ3n) is 2.75. The van der Waals surface area contributed by atoms with Gasteiger partial charge in [0.05, 0.1) is 5.25 Å². The van der Waals surface area contributed by atoms with E-state index in [0.29, 0.717) is 24.8 Å². The minimum atomic E-state index is -3.16. The maximum absolute atomic E-state index is 12.1. The Kier molecular flexibility index (Phi) is 5.68. The van der Waals surface area contributed by atoms with Crippen LogP contribution in [0.25, 0.3) is 0 Å². The van der Waals surface area contributed by atoms with Crippen molar-refractivity contribution in [2.75, 3.05) is 24.8 Å². The summed E-state index contributed by atoms with van der Waals surface area (Å²) in [7, 11) is -3.16. The third kappa shape index (κ3) is 3.48. The van der Waals surface area contributed by atoms with Gasteiger partial charge in [0.2, 0.25) is 10.0 Å². The molecule has 0 heterocycles. The second kappa shape index (κ2) is 6.28. The molecule has 0 aromatic carbocycles. The standard InChI is InChI=1S/C9H17Cl2NO2S/c10-5-7-12(8-6-11)15(13,14)9-3-1-2-4-9/h9H,1-8H2. The van der Waals surface area contributed by atoms with Crippen molar-refractivity contribution in [1.29, 1.82) is 0 Å². The van der Waals surface area contributed by atoms with Gasteiger partial charge in [-0.3, -0.25) is 0 Å². The lowest BCUT2D eigenvalue weighted by molar-refractivity contribution is 0.438. The second-order valence-corrected chi connectivity index (χ2v) is 6.70. The van der Waals surface area contributed by atoms with Gasteiger partial charge in [0.25, 0.3) is 0 Å². The fourth-order valence-corrected chi connectivity index (χ4v) is 4.60. The van der Waals surface area contributed by atoms with Crippen LogP contribution in [0.1, 0.15) is 25.7 Å². The lowest BCUT2D eigenvalue weighted by Gasteiger charge is -2.23. The number of nitrogens with zero attached hydrogens (tertiary/aromatic N) is 1. The van der Waals surface area contributed by atoms with E-state index in [1.165, 1.54) is 4.31 Å². The van der Waals surface area contributed by atoms with Gasteiger partial charge >= 0.3 is 0 Å². The van der Waals surface area contributed by atoms with E-state index in [9.17, 15) is 8.42 Å². The summed E-state index contributed by atoms with van der Waals surface area (Å²) >= 11 is 11.2. The lowest BCUT2D eigenvalue weighted by Crippen LogP contribution is -2.40. The topological polar surface area (TPSA) is 37.4 Å². The van der Waals surface area contributed by atoms with Gasteiger partial charge in [-0.15, -0.1) is 23.2 Å². The maximum atomic E-state index is 12.1. The van der Waals surface area contributed by atoms with E-state index in [-0.39, 0.29) is 5.25 Å². The molecule has 0 atom stereocenters. The van der Waals surface area contributed by atoms with Crippen molar-refractivity contribution in [2.24, 2.45) is 0 Å². The fraction of sp³-hybridized carbons (Fsp3) is 1.00. The highest BCUT2D eigenvalue weighted by Gasteiger charge is 2.33. The Balaban J connectivity index is 2.70. The first-order valence-electron chi connectivity index (χ1n) is 5.24. The summed E-state index contributed by atoms with van der Waals surface area (Å²) in [4.78, 5) is 0. The van der Waals surface area contributed by atoms with Crippen molar-refractivity contribution in [2.45, 2.75) is 30.9 Å². The van der Waals surface area contributed by atoms with E-state index in [1.807, 2.05) is 0 Å². The molecular formula is C9H17Cl2NO2S. The van der Waals surface area contributed by atoms with Gasteiger partial charge in [-0.2, -0.15) is 4.31 Å². The maximum Gasteiger partial charge on any atom is 0.217 e. The van der Waals surface area contributed by atoms with Crippen LogP contribution in [0.5, 0.6) is 0 Å². The van der Waals surface area contributed by atoms with Crippen LogP contribution in [-0.2, 0) is 10.0 Å². The Morgan fingerprint density at radius 3 is 1.93 bits per heavy atom.